The lowest BCUT2D eigenvalue weighted by molar-refractivity contribution is -0.525. The summed E-state index contributed by atoms with van der Waals surface area (Å²) in [5.41, 5.74) is 1.67. The summed E-state index contributed by atoms with van der Waals surface area (Å²) in [5, 5.41) is 23.6. The lowest BCUT2D eigenvalue weighted by Crippen LogP contribution is -2.46. The monoisotopic (exact) mass is 477 g/mol. The molecule has 0 aromatic heterocycles. The van der Waals surface area contributed by atoms with E-state index in [0.29, 0.717) is 12.3 Å². The van der Waals surface area contributed by atoms with Crippen LogP contribution in [0.4, 0.5) is 0 Å². The molecule has 1 amide bonds. The van der Waals surface area contributed by atoms with Crippen LogP contribution in [0.1, 0.15) is 33.1 Å². The van der Waals surface area contributed by atoms with Crippen LogP contribution in [0.3, 0.4) is 0 Å². The maximum atomic E-state index is 13.0. The Morgan fingerprint density at radius 1 is 1.18 bits per heavy atom. The third kappa shape index (κ3) is 8.66. The zero-order valence-electron chi connectivity index (χ0n) is 18.5. The third-order valence-electron chi connectivity index (χ3n) is 4.65. The highest BCUT2D eigenvalue weighted by Gasteiger charge is 2.25. The number of sulfonamides is 1. The van der Waals surface area contributed by atoms with E-state index in [2.05, 4.69) is 15.4 Å². The number of fused-ring (bicyclic) bond motifs is 1. The minimum atomic E-state index is -4.00. The van der Waals surface area contributed by atoms with E-state index in [4.69, 9.17) is 5.41 Å². The number of hydrazine groups is 1. The Hall–Kier alpha value is -3.25. The Morgan fingerprint density at radius 3 is 2.55 bits per heavy atom. The van der Waals surface area contributed by atoms with Crippen molar-refractivity contribution in [3.05, 3.63) is 59.1 Å². The van der Waals surface area contributed by atoms with Crippen LogP contribution >= 0.6 is 0 Å². The summed E-state index contributed by atoms with van der Waals surface area (Å²) in [4.78, 5) is 23.1. The van der Waals surface area contributed by atoms with Crippen molar-refractivity contribution in [2.45, 2.75) is 44.0 Å². The number of hydrogen-bond donors (Lipinski definition) is 5. The van der Waals surface area contributed by atoms with Gasteiger partial charge in [0.05, 0.1) is 4.90 Å². The van der Waals surface area contributed by atoms with Crippen LogP contribution in [0.5, 0.6) is 0 Å². The van der Waals surface area contributed by atoms with Crippen molar-refractivity contribution < 1.29 is 18.2 Å². The Kier molecular flexibility index (Phi) is 9.55. The van der Waals surface area contributed by atoms with Gasteiger partial charge in [0.25, 0.3) is 5.96 Å². The maximum absolute atomic E-state index is 13.0. The average molecular weight is 478 g/mol. The van der Waals surface area contributed by atoms with E-state index in [1.807, 2.05) is 32.0 Å². The molecule has 0 aliphatic carbocycles. The minimum absolute atomic E-state index is 0.0419. The van der Waals surface area contributed by atoms with Crippen molar-refractivity contribution in [1.29, 1.82) is 5.41 Å². The Morgan fingerprint density at radius 2 is 1.88 bits per heavy atom. The molecule has 0 aliphatic heterocycles. The van der Waals surface area contributed by atoms with E-state index < -0.39 is 33.0 Å². The van der Waals surface area contributed by atoms with E-state index in [1.165, 1.54) is 6.07 Å². The van der Waals surface area contributed by atoms with Gasteiger partial charge in [0.15, 0.2) is 5.03 Å². The lowest BCUT2D eigenvalue weighted by Gasteiger charge is -2.19. The van der Waals surface area contributed by atoms with Crippen molar-refractivity contribution in [1.82, 2.24) is 20.8 Å². The first-order chi connectivity index (χ1) is 15.6. The van der Waals surface area contributed by atoms with E-state index in [1.54, 1.807) is 30.2 Å². The van der Waals surface area contributed by atoms with Crippen molar-refractivity contribution in [2.75, 3.05) is 6.54 Å². The SMILES string of the molecule is CC(C)C[CH]NC(=O)[C@H](CCCNC(=N)N[N+](=O)[O-])NS(=O)(=O)c1ccc2ccccc2c1. The fraction of sp³-hybridized carbons (Fsp3) is 0.381. The van der Waals surface area contributed by atoms with E-state index >= 15 is 0 Å². The average Bonchev–Trinajstić information content (AvgIpc) is 2.74. The maximum Gasteiger partial charge on any atom is 0.251 e. The molecule has 11 nitrogen and oxygen atoms in total. The Labute approximate surface area is 193 Å². The van der Waals surface area contributed by atoms with Crippen LogP contribution in [0.15, 0.2) is 47.4 Å². The fourth-order valence-electron chi connectivity index (χ4n) is 2.98. The van der Waals surface area contributed by atoms with E-state index in [9.17, 15) is 23.3 Å². The normalized spacial score (nSPS) is 12.3. The number of nitrogens with zero attached hydrogens (tertiary/aromatic N) is 1. The van der Waals surface area contributed by atoms with Gasteiger partial charge < -0.3 is 10.6 Å². The highest BCUT2D eigenvalue weighted by atomic mass is 32.2. The van der Waals surface area contributed by atoms with Gasteiger partial charge in [0.1, 0.15) is 6.04 Å². The lowest BCUT2D eigenvalue weighted by atomic mass is 10.1. The Bertz CT molecular complexity index is 1090. The first-order valence-electron chi connectivity index (χ1n) is 10.4. The van der Waals surface area contributed by atoms with Crippen LogP contribution in [-0.4, -0.2) is 37.9 Å². The molecule has 33 heavy (non-hydrogen) atoms. The number of carbonyl (C=O) groups excluding carboxylic acids is 1. The molecule has 2 aromatic rings. The number of nitrogens with one attached hydrogen (secondary N) is 5. The third-order valence-corrected chi connectivity index (χ3v) is 6.12. The summed E-state index contributed by atoms with van der Waals surface area (Å²) in [6.45, 7) is 5.71. The summed E-state index contributed by atoms with van der Waals surface area (Å²) in [6.07, 6.45) is 1.03. The van der Waals surface area contributed by atoms with Crippen LogP contribution in [0, 0.1) is 28.0 Å². The van der Waals surface area contributed by atoms with E-state index in [0.717, 1.165) is 10.8 Å². The molecule has 2 aromatic carbocycles. The molecule has 1 atom stereocenters. The quantitative estimate of drug-likeness (QED) is 0.102. The number of carbonyl (C=O) groups is 1. The van der Waals surface area contributed by atoms with Gasteiger partial charge in [0.2, 0.25) is 15.9 Å². The van der Waals surface area contributed by atoms with Crippen molar-refractivity contribution in [2.24, 2.45) is 5.92 Å². The van der Waals surface area contributed by atoms with E-state index in [-0.39, 0.29) is 24.3 Å². The first kappa shape index (κ1) is 26.0. The zero-order chi connectivity index (χ0) is 24.4. The summed E-state index contributed by atoms with van der Waals surface area (Å²) in [7, 11) is -4.00. The number of benzene rings is 2. The van der Waals surface area contributed by atoms with Crippen LogP contribution < -0.4 is 20.8 Å². The van der Waals surface area contributed by atoms with Crippen LogP contribution in [0.25, 0.3) is 10.8 Å². The fourth-order valence-corrected chi connectivity index (χ4v) is 4.24. The highest BCUT2D eigenvalue weighted by molar-refractivity contribution is 7.89. The van der Waals surface area contributed by atoms with Crippen LogP contribution in [0.2, 0.25) is 0 Å². The van der Waals surface area contributed by atoms with Gasteiger partial charge in [-0.2, -0.15) is 4.72 Å². The molecule has 0 unspecified atom stereocenters. The number of amides is 1. The predicted molar refractivity (Wildman–Crippen MR) is 125 cm³/mol. The van der Waals surface area contributed by atoms with Gasteiger partial charge in [-0.1, -0.05) is 49.6 Å². The van der Waals surface area contributed by atoms with Gasteiger partial charge in [-0.3, -0.25) is 10.2 Å². The Balaban J connectivity index is 2.09. The summed E-state index contributed by atoms with van der Waals surface area (Å²) in [6, 6.07) is 11.0. The van der Waals surface area contributed by atoms with Gasteiger partial charge in [-0.25, -0.2) is 18.5 Å². The smallest absolute Gasteiger partial charge is 0.251 e. The molecule has 12 heteroatoms. The standard InChI is InChI=1S/C21H29N6O5S/c1-15(2)11-13-23-20(28)19(8-5-12-24-21(22)25-27(29)30)26-33(31,32)18-10-9-16-6-3-4-7-17(16)14-18/h3-4,6-7,9-10,13-15,19,26H,5,8,11-12H2,1-2H3,(H,23,28)(H3,22,24,25)/t19-/m0/s1. The van der Waals surface area contributed by atoms with Crippen molar-refractivity contribution in [3.8, 4) is 0 Å². The molecule has 0 heterocycles. The predicted octanol–water partition coefficient (Wildman–Crippen LogP) is 1.90. The van der Waals surface area contributed by atoms with Crippen LogP contribution in [-0.2, 0) is 14.8 Å². The summed E-state index contributed by atoms with van der Waals surface area (Å²) < 4.78 is 28.5. The van der Waals surface area contributed by atoms with Gasteiger partial charge >= 0.3 is 0 Å². The zero-order valence-corrected chi connectivity index (χ0v) is 19.3. The second-order valence-corrected chi connectivity index (χ2v) is 9.55. The molecule has 0 saturated heterocycles. The molecule has 2 rings (SSSR count). The molecule has 0 aliphatic rings. The topological polar surface area (TPSA) is 166 Å². The summed E-state index contributed by atoms with van der Waals surface area (Å²) >= 11 is 0. The highest BCUT2D eigenvalue weighted by Crippen LogP contribution is 2.19. The van der Waals surface area contributed by atoms with Gasteiger partial charge in [-0.05, 0) is 48.1 Å². The largest absolute Gasteiger partial charge is 0.352 e. The number of hydrogen-bond acceptors (Lipinski definition) is 6. The first-order valence-corrected chi connectivity index (χ1v) is 11.9. The second kappa shape index (κ2) is 12.1. The van der Waals surface area contributed by atoms with Gasteiger partial charge in [0, 0.05) is 13.1 Å². The molecule has 0 bridgehead atoms. The molecule has 0 fully saturated rings. The number of nitro groups is 1. The van der Waals surface area contributed by atoms with Crippen molar-refractivity contribution >= 4 is 32.7 Å². The minimum Gasteiger partial charge on any atom is -0.352 e. The molecular weight excluding hydrogens is 448 g/mol. The summed E-state index contributed by atoms with van der Waals surface area (Å²) in [5.74, 6) is -0.677. The number of rotatable bonds is 12. The molecule has 0 spiro atoms. The molecule has 5 N–H and O–H groups in total. The molecule has 0 saturated carbocycles. The van der Waals surface area contributed by atoms with Crippen molar-refractivity contribution in [3.63, 3.8) is 0 Å². The molecule has 1 radical (unpaired) electrons. The van der Waals surface area contributed by atoms with Gasteiger partial charge in [-0.15, -0.1) is 0 Å². The molecule has 179 valence electrons. The molecular formula is C21H29N6O5S. The number of guanidine groups is 1. The second-order valence-electron chi connectivity index (χ2n) is 7.84.